The van der Waals surface area contributed by atoms with Crippen LogP contribution in [0, 0.1) is 0 Å². The van der Waals surface area contributed by atoms with Crippen molar-refractivity contribution in [2.24, 2.45) is 5.73 Å². The van der Waals surface area contributed by atoms with Gasteiger partial charge in [0.2, 0.25) is 0 Å². The Bertz CT molecular complexity index is 489. The molecular weight excluding hydrogens is 248 g/mol. The zero-order valence-corrected chi connectivity index (χ0v) is 11.2. The summed E-state index contributed by atoms with van der Waals surface area (Å²) in [5, 5.41) is 4.26. The maximum atomic E-state index is 5.57. The van der Waals surface area contributed by atoms with Gasteiger partial charge in [0, 0.05) is 24.8 Å². The number of anilines is 1. The fourth-order valence-electron chi connectivity index (χ4n) is 1.63. The van der Waals surface area contributed by atoms with Crippen LogP contribution in [-0.2, 0) is 6.54 Å². The third-order valence-corrected chi connectivity index (χ3v) is 3.56. The zero-order chi connectivity index (χ0) is 12.3. The first-order valence-corrected chi connectivity index (χ1v) is 6.64. The molecule has 88 valence electrons. The molecule has 0 aliphatic heterocycles. The molecule has 2 rings (SSSR count). The fourth-order valence-corrected chi connectivity index (χ4v) is 2.42. The first-order chi connectivity index (χ1) is 8.16. The molecule has 0 atom stereocenters. The van der Waals surface area contributed by atoms with E-state index < -0.39 is 0 Å². The lowest BCUT2D eigenvalue weighted by Gasteiger charge is -2.18. The van der Waals surface area contributed by atoms with Gasteiger partial charge in [0.1, 0.15) is 4.99 Å². The van der Waals surface area contributed by atoms with Crippen LogP contribution >= 0.6 is 23.6 Å². The Morgan fingerprint density at radius 3 is 2.53 bits per heavy atom. The summed E-state index contributed by atoms with van der Waals surface area (Å²) in [5.41, 5.74) is 8.97. The predicted octanol–water partition coefficient (Wildman–Crippen LogP) is 3.02. The molecule has 0 aliphatic carbocycles. The van der Waals surface area contributed by atoms with E-state index in [1.807, 2.05) is 24.3 Å². The van der Waals surface area contributed by atoms with E-state index in [1.165, 1.54) is 5.56 Å². The van der Waals surface area contributed by atoms with Gasteiger partial charge in [0.15, 0.2) is 0 Å². The second kappa shape index (κ2) is 5.29. The van der Waals surface area contributed by atoms with Crippen LogP contribution in [0.4, 0.5) is 5.69 Å². The summed E-state index contributed by atoms with van der Waals surface area (Å²) in [6.07, 6.45) is 0. The molecule has 2 nitrogen and oxygen atoms in total. The van der Waals surface area contributed by atoms with Crippen molar-refractivity contribution in [1.29, 1.82) is 0 Å². The molecule has 0 spiro atoms. The molecule has 1 aromatic carbocycles. The number of hydrogen-bond acceptors (Lipinski definition) is 3. The van der Waals surface area contributed by atoms with Crippen LogP contribution in [0.15, 0.2) is 41.1 Å². The molecule has 0 radical (unpaired) electrons. The molecule has 2 N–H and O–H groups in total. The van der Waals surface area contributed by atoms with E-state index in [2.05, 4.69) is 28.8 Å². The number of rotatable bonds is 4. The van der Waals surface area contributed by atoms with Gasteiger partial charge in [-0.25, -0.2) is 0 Å². The van der Waals surface area contributed by atoms with Crippen LogP contribution in [0.5, 0.6) is 0 Å². The van der Waals surface area contributed by atoms with Gasteiger partial charge < -0.3 is 10.6 Å². The number of benzene rings is 1. The van der Waals surface area contributed by atoms with Crippen molar-refractivity contribution in [3.05, 3.63) is 52.2 Å². The van der Waals surface area contributed by atoms with Crippen LogP contribution in [0.1, 0.15) is 11.1 Å². The van der Waals surface area contributed by atoms with Crippen LogP contribution in [0.2, 0.25) is 0 Å². The van der Waals surface area contributed by atoms with Crippen LogP contribution < -0.4 is 10.6 Å². The van der Waals surface area contributed by atoms with Gasteiger partial charge >= 0.3 is 0 Å². The fraction of sp³-hybridized carbons (Fsp3) is 0.154. The summed E-state index contributed by atoms with van der Waals surface area (Å²) < 4.78 is 0. The van der Waals surface area contributed by atoms with E-state index in [0.717, 1.165) is 17.8 Å². The van der Waals surface area contributed by atoms with Crippen molar-refractivity contribution >= 4 is 34.2 Å². The predicted molar refractivity (Wildman–Crippen MR) is 78.8 cm³/mol. The highest BCUT2D eigenvalue weighted by molar-refractivity contribution is 7.80. The average Bonchev–Trinajstić information content (AvgIpc) is 2.82. The average molecular weight is 262 g/mol. The number of nitrogens with zero attached hydrogens (tertiary/aromatic N) is 1. The first-order valence-electron chi connectivity index (χ1n) is 5.29. The molecule has 17 heavy (non-hydrogen) atoms. The zero-order valence-electron chi connectivity index (χ0n) is 9.59. The molecule has 0 saturated heterocycles. The van der Waals surface area contributed by atoms with Gasteiger partial charge in [-0.3, -0.25) is 0 Å². The van der Waals surface area contributed by atoms with Crippen molar-refractivity contribution < 1.29 is 0 Å². The highest BCUT2D eigenvalue weighted by atomic mass is 32.1. The molecule has 1 heterocycles. The lowest BCUT2D eigenvalue weighted by Crippen LogP contribution is -2.16. The van der Waals surface area contributed by atoms with E-state index in [-0.39, 0.29) is 0 Å². The molecule has 0 amide bonds. The summed E-state index contributed by atoms with van der Waals surface area (Å²) >= 11 is 6.65. The third kappa shape index (κ3) is 3.05. The molecule has 0 aliphatic rings. The molecule has 0 bridgehead atoms. The summed E-state index contributed by atoms with van der Waals surface area (Å²) in [7, 11) is 2.08. The Kier molecular flexibility index (Phi) is 3.76. The van der Waals surface area contributed by atoms with Gasteiger partial charge in [0.05, 0.1) is 0 Å². The molecule has 2 aromatic rings. The first kappa shape index (κ1) is 12.1. The smallest absolute Gasteiger partial charge is 0.103 e. The topological polar surface area (TPSA) is 29.3 Å². The second-order valence-electron chi connectivity index (χ2n) is 3.90. The van der Waals surface area contributed by atoms with Gasteiger partial charge in [-0.2, -0.15) is 11.3 Å². The van der Waals surface area contributed by atoms with Crippen molar-refractivity contribution in [2.75, 3.05) is 11.9 Å². The van der Waals surface area contributed by atoms with Gasteiger partial charge in [0.25, 0.3) is 0 Å². The van der Waals surface area contributed by atoms with E-state index >= 15 is 0 Å². The molecule has 0 saturated carbocycles. The van der Waals surface area contributed by atoms with Crippen LogP contribution in [0.25, 0.3) is 0 Å². The van der Waals surface area contributed by atoms with Crippen molar-refractivity contribution in [1.82, 2.24) is 0 Å². The third-order valence-electron chi connectivity index (χ3n) is 2.59. The van der Waals surface area contributed by atoms with E-state index in [9.17, 15) is 0 Å². The monoisotopic (exact) mass is 262 g/mol. The number of hydrogen-bond donors (Lipinski definition) is 1. The Hall–Kier alpha value is -1.39. The minimum atomic E-state index is 0.442. The number of thiophene rings is 1. The summed E-state index contributed by atoms with van der Waals surface area (Å²) in [6.45, 7) is 0.913. The van der Waals surface area contributed by atoms with Crippen LogP contribution in [-0.4, -0.2) is 12.0 Å². The highest BCUT2D eigenvalue weighted by Crippen LogP contribution is 2.17. The largest absolute Gasteiger partial charge is 0.389 e. The van der Waals surface area contributed by atoms with Crippen molar-refractivity contribution in [3.8, 4) is 0 Å². The van der Waals surface area contributed by atoms with E-state index in [0.29, 0.717) is 4.99 Å². The normalized spacial score (nSPS) is 10.2. The Labute approximate surface area is 111 Å². The van der Waals surface area contributed by atoms with Gasteiger partial charge in [-0.05, 0) is 46.7 Å². The van der Waals surface area contributed by atoms with Crippen molar-refractivity contribution in [3.63, 3.8) is 0 Å². The molecule has 0 unspecified atom stereocenters. The summed E-state index contributed by atoms with van der Waals surface area (Å²) in [6, 6.07) is 10.1. The van der Waals surface area contributed by atoms with Gasteiger partial charge in [-0.15, -0.1) is 0 Å². The summed E-state index contributed by atoms with van der Waals surface area (Å²) in [4.78, 5) is 2.64. The number of thiocarbonyl (C=S) groups is 1. The lowest BCUT2D eigenvalue weighted by molar-refractivity contribution is 0.928. The van der Waals surface area contributed by atoms with E-state index in [4.69, 9.17) is 18.0 Å². The van der Waals surface area contributed by atoms with Gasteiger partial charge in [-0.1, -0.05) is 12.2 Å². The lowest BCUT2D eigenvalue weighted by atomic mass is 10.2. The Balaban J connectivity index is 2.09. The highest BCUT2D eigenvalue weighted by Gasteiger charge is 2.03. The molecule has 1 aromatic heterocycles. The molecular formula is C13H14N2S2. The minimum absolute atomic E-state index is 0.442. The standard InChI is InChI=1S/C13H14N2S2/c1-15(8-10-6-7-17-9-10)12-4-2-11(3-5-12)13(14)16/h2-7,9H,8H2,1H3,(H2,14,16). The molecule has 4 heteroatoms. The maximum Gasteiger partial charge on any atom is 0.103 e. The SMILES string of the molecule is CN(Cc1ccsc1)c1ccc(C(N)=S)cc1. The second-order valence-corrected chi connectivity index (χ2v) is 5.12. The number of nitrogens with two attached hydrogens (primary N) is 1. The Morgan fingerprint density at radius 1 is 1.29 bits per heavy atom. The van der Waals surface area contributed by atoms with E-state index in [1.54, 1.807) is 11.3 Å². The quantitative estimate of drug-likeness (QED) is 0.859. The maximum absolute atomic E-state index is 5.57. The van der Waals surface area contributed by atoms with Crippen LogP contribution in [0.3, 0.4) is 0 Å². The van der Waals surface area contributed by atoms with Crippen molar-refractivity contribution in [2.45, 2.75) is 6.54 Å². The summed E-state index contributed by atoms with van der Waals surface area (Å²) in [5.74, 6) is 0. The Morgan fingerprint density at radius 2 is 2.00 bits per heavy atom. The minimum Gasteiger partial charge on any atom is -0.389 e. The molecule has 0 fully saturated rings.